The van der Waals surface area contributed by atoms with Crippen LogP contribution in [0.1, 0.15) is 38.7 Å². The maximum absolute atomic E-state index is 4.69. The predicted octanol–water partition coefficient (Wildman–Crippen LogP) is 3.37. The smallest absolute Gasteiger partial charge is 0.191 e. The van der Waals surface area contributed by atoms with Gasteiger partial charge >= 0.3 is 0 Å². The van der Waals surface area contributed by atoms with Crippen LogP contribution >= 0.6 is 24.0 Å². The van der Waals surface area contributed by atoms with E-state index in [1.165, 1.54) is 12.0 Å². The molecular weight excluding hydrogens is 361 g/mol. The minimum absolute atomic E-state index is 0. The zero-order chi connectivity index (χ0) is 13.7. The van der Waals surface area contributed by atoms with E-state index in [0.29, 0.717) is 17.9 Å². The van der Waals surface area contributed by atoms with Crippen molar-refractivity contribution < 1.29 is 0 Å². The molecule has 0 radical (unpaired) electrons. The van der Waals surface area contributed by atoms with E-state index < -0.39 is 0 Å². The lowest BCUT2D eigenvalue weighted by Gasteiger charge is -2.13. The summed E-state index contributed by atoms with van der Waals surface area (Å²) in [5.74, 6) is 2.37. The third-order valence-corrected chi connectivity index (χ3v) is 3.40. The van der Waals surface area contributed by atoms with E-state index in [1.54, 1.807) is 0 Å². The van der Waals surface area contributed by atoms with Gasteiger partial charge < -0.3 is 10.6 Å². The average molecular weight is 387 g/mol. The molecule has 1 aliphatic rings. The number of nitrogens with zero attached hydrogens (tertiary/aromatic N) is 1. The molecule has 0 spiro atoms. The second kappa shape index (κ2) is 8.49. The first-order valence-electron chi connectivity index (χ1n) is 7.30. The number of guanidine groups is 1. The van der Waals surface area contributed by atoms with Crippen LogP contribution in [0, 0.1) is 5.92 Å². The lowest BCUT2D eigenvalue weighted by molar-refractivity contribution is 0.693. The molecule has 2 N–H and O–H groups in total. The molecule has 0 aromatic heterocycles. The van der Waals surface area contributed by atoms with E-state index in [-0.39, 0.29) is 24.0 Å². The Bertz CT molecular complexity index is 417. The van der Waals surface area contributed by atoms with Gasteiger partial charge in [-0.3, -0.25) is 4.99 Å². The van der Waals surface area contributed by atoms with Gasteiger partial charge in [0, 0.05) is 19.1 Å². The van der Waals surface area contributed by atoms with Crippen LogP contribution in [0.25, 0.3) is 0 Å². The van der Waals surface area contributed by atoms with Gasteiger partial charge in [-0.05, 0) is 44.6 Å². The van der Waals surface area contributed by atoms with Gasteiger partial charge in [0.25, 0.3) is 0 Å². The van der Waals surface area contributed by atoms with E-state index in [2.05, 4.69) is 66.7 Å². The van der Waals surface area contributed by atoms with Crippen molar-refractivity contribution in [1.29, 1.82) is 0 Å². The summed E-state index contributed by atoms with van der Waals surface area (Å²) in [7, 11) is 0. The van der Waals surface area contributed by atoms with Gasteiger partial charge in [-0.2, -0.15) is 0 Å². The topological polar surface area (TPSA) is 36.4 Å². The summed E-state index contributed by atoms with van der Waals surface area (Å²) in [5.41, 5.74) is 1.46. The van der Waals surface area contributed by atoms with Gasteiger partial charge in [0.15, 0.2) is 5.96 Å². The van der Waals surface area contributed by atoms with Gasteiger partial charge in [0.2, 0.25) is 0 Å². The van der Waals surface area contributed by atoms with Gasteiger partial charge in [0.1, 0.15) is 0 Å². The number of aliphatic imine (C=N–C) groups is 1. The zero-order valence-corrected chi connectivity index (χ0v) is 14.9. The van der Waals surface area contributed by atoms with Crippen molar-refractivity contribution in [3.05, 3.63) is 35.9 Å². The Labute approximate surface area is 139 Å². The van der Waals surface area contributed by atoms with Crippen molar-refractivity contribution in [3.63, 3.8) is 0 Å². The van der Waals surface area contributed by atoms with Gasteiger partial charge in [-0.15, -0.1) is 24.0 Å². The standard InChI is InChI=1S/C16H25N3.HI/c1-4-17-16(19-12(2)3)18-11-14-10-15(14)13-8-6-5-7-9-13;/h5-9,12,14-15H,4,10-11H2,1-3H3,(H2,17,18,19);1H. The second-order valence-corrected chi connectivity index (χ2v) is 5.53. The molecule has 1 fully saturated rings. The van der Waals surface area contributed by atoms with Crippen LogP contribution in [0.15, 0.2) is 35.3 Å². The Kier molecular flexibility index (Phi) is 7.34. The summed E-state index contributed by atoms with van der Waals surface area (Å²) in [4.78, 5) is 4.69. The van der Waals surface area contributed by atoms with E-state index >= 15 is 0 Å². The summed E-state index contributed by atoms with van der Waals surface area (Å²) in [5, 5.41) is 6.65. The van der Waals surface area contributed by atoms with Crippen molar-refractivity contribution >= 4 is 29.9 Å². The summed E-state index contributed by atoms with van der Waals surface area (Å²) in [6.45, 7) is 8.20. The maximum Gasteiger partial charge on any atom is 0.191 e. The van der Waals surface area contributed by atoms with Crippen LogP contribution in [-0.4, -0.2) is 25.1 Å². The molecule has 2 unspecified atom stereocenters. The van der Waals surface area contributed by atoms with Crippen molar-refractivity contribution in [2.75, 3.05) is 13.1 Å². The number of rotatable bonds is 5. The van der Waals surface area contributed by atoms with E-state index in [9.17, 15) is 0 Å². The Morgan fingerprint density at radius 3 is 2.60 bits per heavy atom. The molecule has 4 heteroatoms. The quantitative estimate of drug-likeness (QED) is 0.462. The third kappa shape index (κ3) is 5.31. The molecule has 112 valence electrons. The second-order valence-electron chi connectivity index (χ2n) is 5.53. The Morgan fingerprint density at radius 2 is 2.00 bits per heavy atom. The summed E-state index contributed by atoms with van der Waals surface area (Å²) in [6.07, 6.45) is 1.27. The highest BCUT2D eigenvalue weighted by Gasteiger charge is 2.37. The molecule has 1 aromatic carbocycles. The summed E-state index contributed by atoms with van der Waals surface area (Å²) in [6, 6.07) is 11.2. The normalized spacial score (nSPS) is 21.3. The van der Waals surface area contributed by atoms with E-state index in [0.717, 1.165) is 19.0 Å². The fourth-order valence-electron chi connectivity index (χ4n) is 2.36. The fourth-order valence-corrected chi connectivity index (χ4v) is 2.36. The van der Waals surface area contributed by atoms with Crippen LogP contribution in [0.2, 0.25) is 0 Å². The van der Waals surface area contributed by atoms with E-state index in [1.807, 2.05) is 0 Å². The van der Waals surface area contributed by atoms with Crippen molar-refractivity contribution in [2.45, 2.75) is 39.2 Å². The van der Waals surface area contributed by atoms with Crippen LogP contribution in [0.4, 0.5) is 0 Å². The molecule has 2 atom stereocenters. The molecule has 0 bridgehead atoms. The number of hydrogen-bond acceptors (Lipinski definition) is 1. The van der Waals surface area contributed by atoms with Gasteiger partial charge in [0.05, 0.1) is 0 Å². The van der Waals surface area contributed by atoms with Crippen LogP contribution in [0.3, 0.4) is 0 Å². The molecule has 20 heavy (non-hydrogen) atoms. The highest BCUT2D eigenvalue weighted by molar-refractivity contribution is 14.0. The predicted molar refractivity (Wildman–Crippen MR) is 97.0 cm³/mol. The van der Waals surface area contributed by atoms with Crippen molar-refractivity contribution in [1.82, 2.24) is 10.6 Å². The van der Waals surface area contributed by atoms with Gasteiger partial charge in [-0.25, -0.2) is 0 Å². The zero-order valence-electron chi connectivity index (χ0n) is 12.6. The largest absolute Gasteiger partial charge is 0.357 e. The summed E-state index contributed by atoms with van der Waals surface area (Å²) >= 11 is 0. The Morgan fingerprint density at radius 1 is 1.30 bits per heavy atom. The number of halogens is 1. The molecular formula is C16H26IN3. The minimum atomic E-state index is 0. The molecule has 0 amide bonds. The number of nitrogens with one attached hydrogen (secondary N) is 2. The monoisotopic (exact) mass is 387 g/mol. The van der Waals surface area contributed by atoms with Crippen LogP contribution < -0.4 is 10.6 Å². The molecule has 0 heterocycles. The number of hydrogen-bond donors (Lipinski definition) is 2. The highest BCUT2D eigenvalue weighted by atomic mass is 127. The molecule has 0 aliphatic heterocycles. The molecule has 2 rings (SSSR count). The first kappa shape index (κ1) is 17.3. The highest BCUT2D eigenvalue weighted by Crippen LogP contribution is 2.47. The van der Waals surface area contributed by atoms with Crippen molar-refractivity contribution in [3.8, 4) is 0 Å². The Hall–Kier alpha value is -0.780. The molecule has 3 nitrogen and oxygen atoms in total. The van der Waals surface area contributed by atoms with Crippen molar-refractivity contribution in [2.24, 2.45) is 10.9 Å². The lowest BCUT2D eigenvalue weighted by Crippen LogP contribution is -2.41. The lowest BCUT2D eigenvalue weighted by atomic mass is 10.1. The molecule has 1 aromatic rings. The van der Waals surface area contributed by atoms with E-state index in [4.69, 9.17) is 0 Å². The number of benzene rings is 1. The summed E-state index contributed by atoms with van der Waals surface area (Å²) < 4.78 is 0. The molecule has 1 saturated carbocycles. The average Bonchev–Trinajstić information content (AvgIpc) is 3.16. The first-order valence-corrected chi connectivity index (χ1v) is 7.30. The molecule has 1 aliphatic carbocycles. The maximum atomic E-state index is 4.69. The fraction of sp³-hybridized carbons (Fsp3) is 0.562. The van der Waals surface area contributed by atoms with Crippen LogP contribution in [0.5, 0.6) is 0 Å². The SMILES string of the molecule is CCNC(=NCC1CC1c1ccccc1)NC(C)C.I. The minimum Gasteiger partial charge on any atom is -0.357 e. The van der Waals surface area contributed by atoms with Gasteiger partial charge in [-0.1, -0.05) is 30.3 Å². The van der Waals surface area contributed by atoms with Crippen LogP contribution in [-0.2, 0) is 0 Å². The molecule has 0 saturated heterocycles. The Balaban J connectivity index is 0.00000200. The first-order chi connectivity index (χ1) is 9.20. The third-order valence-electron chi connectivity index (χ3n) is 3.40.